The Labute approximate surface area is 136 Å². The first kappa shape index (κ1) is 15.6. The molecule has 2 aromatic rings. The van der Waals surface area contributed by atoms with E-state index in [2.05, 4.69) is 33.4 Å². The molecule has 6 heteroatoms. The molecule has 1 amide bonds. The third-order valence-corrected chi connectivity index (χ3v) is 4.43. The van der Waals surface area contributed by atoms with Crippen molar-refractivity contribution in [2.45, 2.75) is 45.6 Å². The number of piperidine rings is 1. The summed E-state index contributed by atoms with van der Waals surface area (Å²) in [5.74, 6) is 1.49. The van der Waals surface area contributed by atoms with Crippen molar-refractivity contribution in [3.05, 3.63) is 42.0 Å². The Kier molecular flexibility index (Phi) is 4.41. The van der Waals surface area contributed by atoms with Crippen LogP contribution in [0.1, 0.15) is 60.5 Å². The molecule has 1 atom stereocenters. The zero-order chi connectivity index (χ0) is 16.4. The molecule has 0 bridgehead atoms. The first-order valence-electron chi connectivity index (χ1n) is 8.16. The molecule has 0 aromatic carbocycles. The summed E-state index contributed by atoms with van der Waals surface area (Å²) in [5.41, 5.74) is 1.33. The predicted molar refractivity (Wildman–Crippen MR) is 87.3 cm³/mol. The van der Waals surface area contributed by atoms with Crippen molar-refractivity contribution in [2.24, 2.45) is 0 Å². The lowest BCUT2D eigenvalue weighted by molar-refractivity contribution is 0.0676. The second kappa shape index (κ2) is 6.48. The van der Waals surface area contributed by atoms with Gasteiger partial charge < -0.3 is 9.47 Å². The summed E-state index contributed by atoms with van der Waals surface area (Å²) in [6.45, 7) is 7.65. The molecule has 0 unspecified atom stereocenters. The van der Waals surface area contributed by atoms with E-state index in [1.54, 1.807) is 6.20 Å². The van der Waals surface area contributed by atoms with Crippen molar-refractivity contribution >= 4 is 5.91 Å². The summed E-state index contributed by atoms with van der Waals surface area (Å²) in [4.78, 5) is 27.3. The van der Waals surface area contributed by atoms with Crippen molar-refractivity contribution in [3.63, 3.8) is 0 Å². The minimum atomic E-state index is 0.0269. The number of aryl methyl sites for hydroxylation is 1. The molecule has 23 heavy (non-hydrogen) atoms. The molecule has 3 rings (SSSR count). The minimum absolute atomic E-state index is 0.0269. The van der Waals surface area contributed by atoms with Gasteiger partial charge in [0.1, 0.15) is 12.2 Å². The van der Waals surface area contributed by atoms with E-state index in [-0.39, 0.29) is 11.9 Å². The second-order valence-corrected chi connectivity index (χ2v) is 6.42. The average Bonchev–Trinajstić information content (AvgIpc) is 3.05. The number of hydrogen-bond donors (Lipinski definition) is 0. The molecule has 1 aliphatic heterocycles. The molecule has 6 nitrogen and oxygen atoms in total. The normalized spacial score (nSPS) is 18.4. The summed E-state index contributed by atoms with van der Waals surface area (Å²) in [7, 11) is 0. The van der Waals surface area contributed by atoms with Crippen molar-refractivity contribution in [1.82, 2.24) is 24.4 Å². The smallest absolute Gasteiger partial charge is 0.257 e. The fourth-order valence-electron chi connectivity index (χ4n) is 3.22. The summed E-state index contributed by atoms with van der Waals surface area (Å²) >= 11 is 0. The molecule has 0 N–H and O–H groups in total. The first-order chi connectivity index (χ1) is 11.1. The highest BCUT2D eigenvalue weighted by Crippen LogP contribution is 2.26. The highest BCUT2D eigenvalue weighted by molar-refractivity contribution is 5.94. The average molecular weight is 313 g/mol. The Bertz CT molecular complexity index is 694. The van der Waals surface area contributed by atoms with Crippen LogP contribution in [0.4, 0.5) is 0 Å². The van der Waals surface area contributed by atoms with Gasteiger partial charge in [-0.15, -0.1) is 0 Å². The maximum Gasteiger partial charge on any atom is 0.257 e. The van der Waals surface area contributed by atoms with Crippen LogP contribution in [0.3, 0.4) is 0 Å². The van der Waals surface area contributed by atoms with Crippen LogP contribution in [-0.4, -0.2) is 43.4 Å². The molecular weight excluding hydrogens is 290 g/mol. The van der Waals surface area contributed by atoms with Gasteiger partial charge in [-0.05, 0) is 19.8 Å². The van der Waals surface area contributed by atoms with Crippen LogP contribution in [0.15, 0.2) is 24.9 Å². The highest BCUT2D eigenvalue weighted by atomic mass is 16.2. The maximum absolute atomic E-state index is 12.8. The van der Waals surface area contributed by atoms with Gasteiger partial charge in [-0.1, -0.05) is 13.8 Å². The second-order valence-electron chi connectivity index (χ2n) is 6.42. The van der Waals surface area contributed by atoms with Crippen LogP contribution in [-0.2, 0) is 0 Å². The molecule has 1 fully saturated rings. The number of aromatic nitrogens is 4. The zero-order valence-electron chi connectivity index (χ0n) is 13.9. The molecular formula is C17H23N5O. The van der Waals surface area contributed by atoms with E-state index in [1.807, 2.05) is 24.2 Å². The van der Waals surface area contributed by atoms with E-state index < -0.39 is 0 Å². The Hall–Kier alpha value is -2.24. The predicted octanol–water partition coefficient (Wildman–Crippen LogP) is 2.58. The molecule has 2 aromatic heterocycles. The van der Waals surface area contributed by atoms with Crippen molar-refractivity contribution in [2.75, 3.05) is 13.1 Å². The van der Waals surface area contributed by atoms with Crippen LogP contribution in [0.2, 0.25) is 0 Å². The van der Waals surface area contributed by atoms with Crippen LogP contribution in [0.5, 0.6) is 0 Å². The molecule has 3 heterocycles. The van der Waals surface area contributed by atoms with E-state index >= 15 is 0 Å². The number of carbonyl (C=O) groups is 1. The van der Waals surface area contributed by atoms with E-state index in [9.17, 15) is 4.79 Å². The largest absolute Gasteiger partial charge is 0.336 e. The van der Waals surface area contributed by atoms with Crippen LogP contribution >= 0.6 is 0 Å². The van der Waals surface area contributed by atoms with Gasteiger partial charge in [0.05, 0.1) is 17.3 Å². The van der Waals surface area contributed by atoms with Gasteiger partial charge in [-0.25, -0.2) is 15.0 Å². The standard InChI is InChI=1S/C17H23N5O/c1-12(2)16-19-6-8-22(16)14-5-4-7-21(10-14)17(23)15-9-18-11-20-13(15)3/h6,8-9,11-12,14H,4-5,7,10H2,1-3H3/t14-/m0/s1. The van der Waals surface area contributed by atoms with Gasteiger partial charge in [-0.2, -0.15) is 0 Å². The maximum atomic E-state index is 12.8. The van der Waals surface area contributed by atoms with Crippen molar-refractivity contribution in [1.29, 1.82) is 0 Å². The lowest BCUT2D eigenvalue weighted by atomic mass is 10.0. The van der Waals surface area contributed by atoms with Crippen molar-refractivity contribution < 1.29 is 4.79 Å². The molecule has 0 spiro atoms. The quantitative estimate of drug-likeness (QED) is 0.873. The summed E-state index contributed by atoms with van der Waals surface area (Å²) < 4.78 is 2.23. The number of rotatable bonds is 3. The highest BCUT2D eigenvalue weighted by Gasteiger charge is 2.28. The monoisotopic (exact) mass is 313 g/mol. The van der Waals surface area contributed by atoms with E-state index in [0.717, 1.165) is 30.9 Å². The molecule has 1 aliphatic rings. The number of amides is 1. The third-order valence-electron chi connectivity index (χ3n) is 4.43. The SMILES string of the molecule is Cc1ncncc1C(=O)N1CCC[C@H](n2ccnc2C(C)C)C1. The number of carbonyl (C=O) groups excluding carboxylic acids is 1. The minimum Gasteiger partial charge on any atom is -0.336 e. The van der Waals surface area contributed by atoms with Crippen LogP contribution < -0.4 is 0 Å². The molecule has 1 saturated heterocycles. The Morgan fingerprint density at radius 1 is 1.35 bits per heavy atom. The molecule has 0 radical (unpaired) electrons. The number of imidazole rings is 1. The third kappa shape index (κ3) is 3.11. The van der Waals surface area contributed by atoms with E-state index in [1.165, 1.54) is 6.33 Å². The Morgan fingerprint density at radius 2 is 2.17 bits per heavy atom. The lowest BCUT2D eigenvalue weighted by Gasteiger charge is -2.34. The Morgan fingerprint density at radius 3 is 2.91 bits per heavy atom. The Balaban J connectivity index is 1.80. The molecule has 0 saturated carbocycles. The van der Waals surface area contributed by atoms with Gasteiger partial charge in [0.2, 0.25) is 0 Å². The zero-order valence-corrected chi connectivity index (χ0v) is 13.9. The lowest BCUT2D eigenvalue weighted by Crippen LogP contribution is -2.41. The van der Waals surface area contributed by atoms with Crippen molar-refractivity contribution in [3.8, 4) is 0 Å². The summed E-state index contributed by atoms with van der Waals surface area (Å²) in [6, 6.07) is 0.289. The summed E-state index contributed by atoms with van der Waals surface area (Å²) in [5, 5.41) is 0. The van der Waals surface area contributed by atoms with Crippen LogP contribution in [0, 0.1) is 6.92 Å². The first-order valence-corrected chi connectivity index (χ1v) is 8.16. The van der Waals surface area contributed by atoms with Crippen LogP contribution in [0.25, 0.3) is 0 Å². The van der Waals surface area contributed by atoms with Gasteiger partial charge in [0.25, 0.3) is 5.91 Å². The van der Waals surface area contributed by atoms with Gasteiger partial charge in [0.15, 0.2) is 0 Å². The van der Waals surface area contributed by atoms with Gasteiger partial charge in [0, 0.05) is 37.6 Å². The fraction of sp³-hybridized carbons (Fsp3) is 0.529. The van der Waals surface area contributed by atoms with Gasteiger partial charge in [-0.3, -0.25) is 4.79 Å². The van der Waals surface area contributed by atoms with E-state index in [4.69, 9.17) is 0 Å². The summed E-state index contributed by atoms with van der Waals surface area (Å²) in [6.07, 6.45) is 9.05. The topological polar surface area (TPSA) is 63.9 Å². The molecule has 0 aliphatic carbocycles. The number of hydrogen-bond acceptors (Lipinski definition) is 4. The number of nitrogens with zero attached hydrogens (tertiary/aromatic N) is 5. The van der Waals surface area contributed by atoms with E-state index in [0.29, 0.717) is 18.0 Å². The molecule has 122 valence electrons. The number of likely N-dealkylation sites (tertiary alicyclic amines) is 1. The fourth-order valence-corrected chi connectivity index (χ4v) is 3.22. The van der Waals surface area contributed by atoms with Gasteiger partial charge >= 0.3 is 0 Å².